The predicted octanol–water partition coefficient (Wildman–Crippen LogP) is 2.06. The van der Waals surface area contributed by atoms with Crippen molar-refractivity contribution in [2.24, 2.45) is 5.41 Å². The van der Waals surface area contributed by atoms with Crippen molar-refractivity contribution in [1.29, 1.82) is 5.26 Å². The average molecular weight is 195 g/mol. The van der Waals surface area contributed by atoms with Crippen molar-refractivity contribution in [3.63, 3.8) is 0 Å². The number of hydrogen-bond acceptors (Lipinski definition) is 3. The standard InChI is InChI=1S/C11H17NO2/c1-9(14-2)7-11(8-12)6-4-3-5-10(11)13/h9H,3-7H2,1-2H3. The van der Waals surface area contributed by atoms with Crippen molar-refractivity contribution in [2.75, 3.05) is 7.11 Å². The third-order valence-corrected chi connectivity index (χ3v) is 3.04. The van der Waals surface area contributed by atoms with Crippen LogP contribution in [0, 0.1) is 16.7 Å². The second-order valence-electron chi connectivity index (χ2n) is 4.07. The molecule has 0 radical (unpaired) electrons. The van der Waals surface area contributed by atoms with Crippen LogP contribution in [0.25, 0.3) is 0 Å². The molecule has 0 bridgehead atoms. The third kappa shape index (κ3) is 2.13. The lowest BCUT2D eigenvalue weighted by atomic mass is 9.71. The zero-order chi connectivity index (χ0) is 10.6. The SMILES string of the molecule is COC(C)CC1(C#N)CCCCC1=O. The molecule has 1 rings (SSSR count). The molecule has 78 valence electrons. The van der Waals surface area contributed by atoms with Crippen molar-refractivity contribution >= 4 is 5.78 Å². The molecule has 0 spiro atoms. The molecule has 0 amide bonds. The Morgan fingerprint density at radius 1 is 1.64 bits per heavy atom. The molecule has 0 N–H and O–H groups in total. The minimum absolute atomic E-state index is 0.0169. The van der Waals surface area contributed by atoms with Gasteiger partial charge in [-0.05, 0) is 26.2 Å². The maximum Gasteiger partial charge on any atom is 0.153 e. The molecule has 2 atom stereocenters. The Balaban J connectivity index is 2.74. The van der Waals surface area contributed by atoms with Crippen LogP contribution in [0.2, 0.25) is 0 Å². The van der Waals surface area contributed by atoms with Gasteiger partial charge in [-0.25, -0.2) is 0 Å². The Morgan fingerprint density at radius 3 is 2.86 bits per heavy atom. The van der Waals surface area contributed by atoms with Gasteiger partial charge >= 0.3 is 0 Å². The van der Waals surface area contributed by atoms with E-state index in [1.165, 1.54) is 0 Å². The summed E-state index contributed by atoms with van der Waals surface area (Å²) in [5, 5.41) is 9.13. The molecular formula is C11H17NO2. The van der Waals surface area contributed by atoms with E-state index in [0.717, 1.165) is 12.8 Å². The fourth-order valence-corrected chi connectivity index (χ4v) is 2.04. The summed E-state index contributed by atoms with van der Waals surface area (Å²) in [6, 6.07) is 2.20. The highest BCUT2D eigenvalue weighted by Gasteiger charge is 2.41. The molecule has 14 heavy (non-hydrogen) atoms. The lowest BCUT2D eigenvalue weighted by Gasteiger charge is -2.30. The first kappa shape index (κ1) is 11.2. The maximum atomic E-state index is 11.7. The minimum atomic E-state index is -0.756. The normalized spacial score (nSPS) is 29.6. The molecular weight excluding hydrogens is 178 g/mol. The van der Waals surface area contributed by atoms with Gasteiger partial charge in [0.2, 0.25) is 0 Å². The minimum Gasteiger partial charge on any atom is -0.382 e. The zero-order valence-corrected chi connectivity index (χ0v) is 8.88. The van der Waals surface area contributed by atoms with Gasteiger partial charge in [0, 0.05) is 13.5 Å². The number of carbonyl (C=O) groups excluding carboxylic acids is 1. The molecule has 0 aromatic heterocycles. The molecule has 1 aliphatic carbocycles. The summed E-state index contributed by atoms with van der Waals surface area (Å²) in [5.41, 5.74) is -0.756. The molecule has 3 heteroatoms. The van der Waals surface area contributed by atoms with Gasteiger partial charge in [-0.1, -0.05) is 6.42 Å². The van der Waals surface area contributed by atoms with Gasteiger partial charge in [-0.3, -0.25) is 4.79 Å². The van der Waals surface area contributed by atoms with Gasteiger partial charge in [0.05, 0.1) is 12.2 Å². The van der Waals surface area contributed by atoms with Gasteiger partial charge in [0.25, 0.3) is 0 Å². The van der Waals surface area contributed by atoms with Crippen molar-refractivity contribution < 1.29 is 9.53 Å². The van der Waals surface area contributed by atoms with Gasteiger partial charge in [-0.2, -0.15) is 5.26 Å². The zero-order valence-electron chi connectivity index (χ0n) is 8.88. The number of carbonyl (C=O) groups is 1. The molecule has 3 nitrogen and oxygen atoms in total. The number of ether oxygens (including phenoxy) is 1. The lowest BCUT2D eigenvalue weighted by molar-refractivity contribution is -0.129. The fraction of sp³-hybridized carbons (Fsp3) is 0.818. The molecule has 2 unspecified atom stereocenters. The van der Waals surface area contributed by atoms with E-state index in [9.17, 15) is 4.79 Å². The summed E-state index contributed by atoms with van der Waals surface area (Å²) in [6.45, 7) is 1.90. The predicted molar refractivity (Wildman–Crippen MR) is 52.6 cm³/mol. The molecule has 1 aliphatic rings. The number of hydrogen-bond donors (Lipinski definition) is 0. The molecule has 1 saturated carbocycles. The Kier molecular flexibility index (Phi) is 3.65. The number of rotatable bonds is 3. The molecule has 0 aromatic carbocycles. The van der Waals surface area contributed by atoms with Crippen molar-refractivity contribution in [3.8, 4) is 6.07 Å². The summed E-state index contributed by atoms with van der Waals surface area (Å²) in [5.74, 6) is 0.107. The number of ketones is 1. The van der Waals surface area contributed by atoms with E-state index in [-0.39, 0.29) is 11.9 Å². The largest absolute Gasteiger partial charge is 0.382 e. The molecule has 0 saturated heterocycles. The van der Waals surface area contributed by atoms with E-state index in [0.29, 0.717) is 19.3 Å². The summed E-state index contributed by atoms with van der Waals surface area (Å²) in [7, 11) is 1.61. The quantitative estimate of drug-likeness (QED) is 0.692. The van der Waals surface area contributed by atoms with Crippen LogP contribution in [-0.2, 0) is 9.53 Å². The van der Waals surface area contributed by atoms with Crippen molar-refractivity contribution in [2.45, 2.75) is 45.1 Å². The van der Waals surface area contributed by atoms with Gasteiger partial charge in [0.1, 0.15) is 5.41 Å². The van der Waals surface area contributed by atoms with Crippen LogP contribution in [0.4, 0.5) is 0 Å². The van der Waals surface area contributed by atoms with Crippen LogP contribution in [0.3, 0.4) is 0 Å². The van der Waals surface area contributed by atoms with Crippen LogP contribution in [0.15, 0.2) is 0 Å². The van der Waals surface area contributed by atoms with E-state index in [2.05, 4.69) is 6.07 Å². The lowest BCUT2D eigenvalue weighted by Crippen LogP contribution is -2.36. The number of methoxy groups -OCH3 is 1. The summed E-state index contributed by atoms with van der Waals surface area (Å²) in [6.07, 6.45) is 3.70. The average Bonchev–Trinajstić information content (AvgIpc) is 2.21. The van der Waals surface area contributed by atoms with Crippen LogP contribution < -0.4 is 0 Å². The van der Waals surface area contributed by atoms with Gasteiger partial charge in [-0.15, -0.1) is 0 Å². The first-order valence-corrected chi connectivity index (χ1v) is 5.12. The second kappa shape index (κ2) is 4.56. The van der Waals surface area contributed by atoms with Crippen LogP contribution in [0.1, 0.15) is 39.0 Å². The Bertz CT molecular complexity index is 257. The van der Waals surface area contributed by atoms with E-state index in [1.807, 2.05) is 6.92 Å². The Labute approximate surface area is 85.1 Å². The van der Waals surface area contributed by atoms with E-state index in [4.69, 9.17) is 10.00 Å². The van der Waals surface area contributed by atoms with Crippen LogP contribution in [-0.4, -0.2) is 19.0 Å². The van der Waals surface area contributed by atoms with Crippen molar-refractivity contribution in [1.82, 2.24) is 0 Å². The third-order valence-electron chi connectivity index (χ3n) is 3.04. The monoisotopic (exact) mass is 195 g/mol. The second-order valence-corrected chi connectivity index (χ2v) is 4.07. The van der Waals surface area contributed by atoms with E-state index >= 15 is 0 Å². The maximum absolute atomic E-state index is 11.7. The Hall–Kier alpha value is -0.880. The van der Waals surface area contributed by atoms with Crippen LogP contribution in [0.5, 0.6) is 0 Å². The number of nitriles is 1. The molecule has 0 aromatic rings. The fourth-order valence-electron chi connectivity index (χ4n) is 2.04. The smallest absolute Gasteiger partial charge is 0.153 e. The topological polar surface area (TPSA) is 50.1 Å². The van der Waals surface area contributed by atoms with Crippen LogP contribution >= 0.6 is 0 Å². The summed E-state index contributed by atoms with van der Waals surface area (Å²) in [4.78, 5) is 11.7. The first-order valence-electron chi connectivity index (χ1n) is 5.12. The van der Waals surface area contributed by atoms with Gasteiger partial charge < -0.3 is 4.74 Å². The highest BCUT2D eigenvalue weighted by Crippen LogP contribution is 2.37. The van der Waals surface area contributed by atoms with E-state index in [1.54, 1.807) is 7.11 Å². The molecule has 1 fully saturated rings. The molecule has 0 heterocycles. The van der Waals surface area contributed by atoms with Gasteiger partial charge in [0.15, 0.2) is 5.78 Å². The number of nitrogens with zero attached hydrogens (tertiary/aromatic N) is 1. The van der Waals surface area contributed by atoms with Crippen molar-refractivity contribution in [3.05, 3.63) is 0 Å². The number of Topliss-reactive ketones (excluding diaryl/α,β-unsaturated/α-hetero) is 1. The highest BCUT2D eigenvalue weighted by atomic mass is 16.5. The Morgan fingerprint density at radius 2 is 2.36 bits per heavy atom. The van der Waals surface area contributed by atoms with E-state index < -0.39 is 5.41 Å². The highest BCUT2D eigenvalue weighted by molar-refractivity contribution is 5.88. The summed E-state index contributed by atoms with van der Waals surface area (Å²) < 4.78 is 5.12. The first-order chi connectivity index (χ1) is 6.64. The molecule has 0 aliphatic heterocycles. The summed E-state index contributed by atoms with van der Waals surface area (Å²) >= 11 is 0.